The molecule has 0 unspecified atom stereocenters. The second kappa shape index (κ2) is 7.86. The lowest BCUT2D eigenvalue weighted by molar-refractivity contribution is -0.139. The number of halogens is 1. The fourth-order valence-electron chi connectivity index (χ4n) is 2.82. The molecule has 3 rings (SSSR count). The summed E-state index contributed by atoms with van der Waals surface area (Å²) in [4.78, 5) is 12.8. The van der Waals surface area contributed by atoms with E-state index in [2.05, 4.69) is 36.8 Å². The molecule has 2 aromatic rings. The molecule has 1 atom stereocenters. The lowest BCUT2D eigenvalue weighted by atomic mass is 9.95. The maximum atomic E-state index is 12.8. The van der Waals surface area contributed by atoms with Crippen molar-refractivity contribution in [2.75, 3.05) is 19.0 Å². The normalized spacial score (nSPS) is 16.1. The molecule has 0 aliphatic carbocycles. The average molecular weight is 422 g/mol. The second-order valence-electron chi connectivity index (χ2n) is 5.90. The number of hydrogen-bond acceptors (Lipinski definition) is 7. The van der Waals surface area contributed by atoms with Gasteiger partial charge in [0.1, 0.15) is 11.8 Å². The third kappa shape index (κ3) is 3.44. The number of aromatic nitrogens is 4. The van der Waals surface area contributed by atoms with Gasteiger partial charge in [0, 0.05) is 5.70 Å². The van der Waals surface area contributed by atoms with Crippen molar-refractivity contribution in [3.63, 3.8) is 0 Å². The highest BCUT2D eigenvalue weighted by Gasteiger charge is 2.35. The Bertz CT molecular complexity index is 849. The highest BCUT2D eigenvalue weighted by molar-refractivity contribution is 9.10. The Morgan fingerprint density at radius 1 is 1.42 bits per heavy atom. The maximum Gasteiger partial charge on any atom is 0.338 e. The number of nitrogens with one attached hydrogen (secondary N) is 1. The van der Waals surface area contributed by atoms with Crippen LogP contribution in [0.15, 0.2) is 33.9 Å². The molecule has 1 N–H and O–H groups in total. The number of ether oxygens (including phenoxy) is 2. The van der Waals surface area contributed by atoms with Gasteiger partial charge in [0.05, 0.1) is 23.8 Å². The van der Waals surface area contributed by atoms with Gasteiger partial charge < -0.3 is 14.8 Å². The van der Waals surface area contributed by atoms with E-state index in [0.29, 0.717) is 29.6 Å². The van der Waals surface area contributed by atoms with Gasteiger partial charge in [0.25, 0.3) is 0 Å². The molecular formula is C17H20BrN5O3. The Morgan fingerprint density at radius 2 is 2.23 bits per heavy atom. The molecule has 138 valence electrons. The number of tetrazole rings is 1. The molecule has 0 spiro atoms. The van der Waals surface area contributed by atoms with Gasteiger partial charge in [-0.1, -0.05) is 24.5 Å². The van der Waals surface area contributed by atoms with Crippen LogP contribution in [0.1, 0.15) is 38.3 Å². The summed E-state index contributed by atoms with van der Waals surface area (Å²) in [6, 6.07) is 5.13. The van der Waals surface area contributed by atoms with Gasteiger partial charge in [-0.25, -0.2) is 4.79 Å². The standard InChI is InChI=1S/C17H20BrN5O3/c1-4-5-8-26-16(24)14-10(2)19-17-20-21-22-23(17)15(14)11-6-7-13(25-3)12(18)9-11/h6-7,9,15H,4-5,8H2,1-3H3,(H,19,20,22)/t15-/m0/s1. The zero-order chi connectivity index (χ0) is 18.7. The predicted octanol–water partition coefficient (Wildman–Crippen LogP) is 3.08. The number of allylic oxidation sites excluding steroid dienone is 1. The Balaban J connectivity index is 2.03. The van der Waals surface area contributed by atoms with Crippen LogP contribution in [0.2, 0.25) is 0 Å². The summed E-state index contributed by atoms with van der Waals surface area (Å²) in [5, 5.41) is 14.8. The highest BCUT2D eigenvalue weighted by Crippen LogP contribution is 2.37. The molecular weight excluding hydrogens is 402 g/mol. The number of anilines is 1. The quantitative estimate of drug-likeness (QED) is 0.565. The number of hydrogen-bond donors (Lipinski definition) is 1. The van der Waals surface area contributed by atoms with Crippen LogP contribution in [0.3, 0.4) is 0 Å². The lowest BCUT2D eigenvalue weighted by Crippen LogP contribution is -2.29. The average Bonchev–Trinajstić information content (AvgIpc) is 3.08. The van der Waals surface area contributed by atoms with Crippen molar-refractivity contribution in [2.45, 2.75) is 32.7 Å². The van der Waals surface area contributed by atoms with E-state index in [4.69, 9.17) is 9.47 Å². The molecule has 0 saturated carbocycles. The van der Waals surface area contributed by atoms with E-state index in [9.17, 15) is 4.79 Å². The zero-order valence-corrected chi connectivity index (χ0v) is 16.4. The topological polar surface area (TPSA) is 91.2 Å². The number of methoxy groups -OCH3 is 1. The molecule has 0 radical (unpaired) electrons. The summed E-state index contributed by atoms with van der Waals surface area (Å²) in [7, 11) is 1.60. The molecule has 0 fully saturated rings. The smallest absolute Gasteiger partial charge is 0.338 e. The number of rotatable bonds is 6. The summed E-state index contributed by atoms with van der Waals surface area (Å²) in [6.45, 7) is 4.25. The number of fused-ring (bicyclic) bond motifs is 1. The van der Waals surface area contributed by atoms with Crippen molar-refractivity contribution in [3.05, 3.63) is 39.5 Å². The molecule has 0 amide bonds. The summed E-state index contributed by atoms with van der Waals surface area (Å²) in [5.74, 6) is 0.804. The molecule has 9 heteroatoms. The molecule has 1 aliphatic rings. The van der Waals surface area contributed by atoms with E-state index in [0.717, 1.165) is 22.9 Å². The van der Waals surface area contributed by atoms with Gasteiger partial charge >= 0.3 is 5.97 Å². The lowest BCUT2D eigenvalue weighted by Gasteiger charge is -2.27. The van der Waals surface area contributed by atoms with Crippen LogP contribution in [-0.2, 0) is 9.53 Å². The minimum absolute atomic E-state index is 0.374. The summed E-state index contributed by atoms with van der Waals surface area (Å²) in [6.07, 6.45) is 1.77. The molecule has 1 aromatic carbocycles. The third-order valence-electron chi connectivity index (χ3n) is 4.16. The van der Waals surface area contributed by atoms with E-state index < -0.39 is 6.04 Å². The summed E-state index contributed by atoms with van der Waals surface area (Å²) < 4.78 is 13.1. The first-order valence-electron chi connectivity index (χ1n) is 8.33. The third-order valence-corrected chi connectivity index (χ3v) is 4.78. The van der Waals surface area contributed by atoms with Crippen molar-refractivity contribution >= 4 is 27.8 Å². The van der Waals surface area contributed by atoms with E-state index >= 15 is 0 Å². The van der Waals surface area contributed by atoms with Crippen LogP contribution in [0.25, 0.3) is 0 Å². The molecule has 0 saturated heterocycles. The largest absolute Gasteiger partial charge is 0.496 e. The van der Waals surface area contributed by atoms with Crippen LogP contribution in [0.5, 0.6) is 5.75 Å². The molecule has 1 aromatic heterocycles. The number of nitrogens with zero attached hydrogens (tertiary/aromatic N) is 4. The van der Waals surface area contributed by atoms with Gasteiger partial charge in [-0.05, 0) is 57.4 Å². The van der Waals surface area contributed by atoms with Crippen LogP contribution < -0.4 is 10.1 Å². The van der Waals surface area contributed by atoms with Crippen molar-refractivity contribution in [1.29, 1.82) is 0 Å². The van der Waals surface area contributed by atoms with E-state index in [1.54, 1.807) is 11.8 Å². The summed E-state index contributed by atoms with van der Waals surface area (Å²) in [5.41, 5.74) is 2.00. The van der Waals surface area contributed by atoms with E-state index in [-0.39, 0.29) is 5.97 Å². The SMILES string of the molecule is CCCCOC(=O)C1=C(C)Nc2nnnn2[C@H]1c1ccc(OC)c(Br)c1. The number of benzene rings is 1. The zero-order valence-electron chi connectivity index (χ0n) is 14.8. The second-order valence-corrected chi connectivity index (χ2v) is 6.75. The number of carbonyl (C=O) groups excluding carboxylic acids is 1. The van der Waals surface area contributed by atoms with Gasteiger partial charge in [0.15, 0.2) is 0 Å². The van der Waals surface area contributed by atoms with Crippen LogP contribution >= 0.6 is 15.9 Å². The highest BCUT2D eigenvalue weighted by atomic mass is 79.9. The molecule has 26 heavy (non-hydrogen) atoms. The molecule has 1 aliphatic heterocycles. The first kappa shape index (κ1) is 18.4. The first-order chi connectivity index (χ1) is 12.6. The predicted molar refractivity (Wildman–Crippen MR) is 98.8 cm³/mol. The van der Waals surface area contributed by atoms with Crippen molar-refractivity contribution in [3.8, 4) is 5.75 Å². The summed E-state index contributed by atoms with van der Waals surface area (Å²) >= 11 is 3.49. The Morgan fingerprint density at radius 3 is 2.92 bits per heavy atom. The first-order valence-corrected chi connectivity index (χ1v) is 9.12. The molecule has 2 heterocycles. The van der Waals surface area contributed by atoms with Crippen molar-refractivity contribution in [1.82, 2.24) is 20.2 Å². The van der Waals surface area contributed by atoms with Crippen molar-refractivity contribution < 1.29 is 14.3 Å². The molecule has 8 nitrogen and oxygen atoms in total. The fraction of sp³-hybridized carbons (Fsp3) is 0.412. The van der Waals surface area contributed by atoms with Gasteiger partial charge in [-0.2, -0.15) is 4.68 Å². The Kier molecular flexibility index (Phi) is 5.55. The van der Waals surface area contributed by atoms with Gasteiger partial charge in [-0.3, -0.25) is 0 Å². The Hall–Kier alpha value is -2.42. The van der Waals surface area contributed by atoms with Gasteiger partial charge in [0.2, 0.25) is 5.95 Å². The van der Waals surface area contributed by atoms with Crippen LogP contribution in [-0.4, -0.2) is 39.9 Å². The van der Waals surface area contributed by atoms with E-state index in [1.165, 1.54) is 0 Å². The number of esters is 1. The minimum Gasteiger partial charge on any atom is -0.496 e. The fourth-order valence-corrected chi connectivity index (χ4v) is 3.38. The van der Waals surface area contributed by atoms with Gasteiger partial charge in [-0.15, -0.1) is 0 Å². The molecule has 0 bridgehead atoms. The number of unbranched alkanes of at least 4 members (excludes halogenated alkanes) is 1. The van der Waals surface area contributed by atoms with Crippen LogP contribution in [0, 0.1) is 0 Å². The monoisotopic (exact) mass is 421 g/mol. The maximum absolute atomic E-state index is 12.8. The minimum atomic E-state index is -0.488. The number of carbonyl (C=O) groups is 1. The van der Waals surface area contributed by atoms with E-state index in [1.807, 2.05) is 32.0 Å². The Labute approximate surface area is 159 Å². The van der Waals surface area contributed by atoms with Crippen LogP contribution in [0.4, 0.5) is 5.95 Å². The van der Waals surface area contributed by atoms with Crippen molar-refractivity contribution in [2.24, 2.45) is 0 Å².